The maximum absolute atomic E-state index is 11.6. The fourth-order valence-corrected chi connectivity index (χ4v) is 1.20. The first-order valence-corrected chi connectivity index (χ1v) is 4.96. The molecule has 0 fully saturated rings. The second kappa shape index (κ2) is 6.24. The number of azide groups is 1. The van der Waals surface area contributed by atoms with Gasteiger partial charge in [0, 0.05) is 24.1 Å². The molecular weight excluding hydrogens is 224 g/mol. The Labute approximate surface area is 97.3 Å². The number of phenols is 2. The predicted octanol–water partition coefficient (Wildman–Crippen LogP) is 1.53. The van der Waals surface area contributed by atoms with Crippen molar-refractivity contribution in [2.75, 3.05) is 13.1 Å². The highest BCUT2D eigenvalue weighted by atomic mass is 16.3. The van der Waals surface area contributed by atoms with Crippen LogP contribution in [0.1, 0.15) is 16.8 Å². The van der Waals surface area contributed by atoms with Crippen molar-refractivity contribution in [3.8, 4) is 11.5 Å². The van der Waals surface area contributed by atoms with Gasteiger partial charge in [-0.3, -0.25) is 4.79 Å². The van der Waals surface area contributed by atoms with Gasteiger partial charge in [0.25, 0.3) is 5.91 Å². The Hall–Kier alpha value is -2.40. The van der Waals surface area contributed by atoms with Crippen molar-refractivity contribution in [2.45, 2.75) is 6.42 Å². The van der Waals surface area contributed by atoms with Gasteiger partial charge in [-0.1, -0.05) is 5.11 Å². The minimum atomic E-state index is -0.441. The highest BCUT2D eigenvalue weighted by molar-refractivity contribution is 5.96. The van der Waals surface area contributed by atoms with E-state index < -0.39 is 5.91 Å². The van der Waals surface area contributed by atoms with Crippen LogP contribution >= 0.6 is 0 Å². The summed E-state index contributed by atoms with van der Waals surface area (Å²) in [5, 5.41) is 24.3. The number of carbonyl (C=O) groups excluding carboxylic acids is 1. The fraction of sp³-hybridized carbons (Fsp3) is 0.300. The summed E-state index contributed by atoms with van der Waals surface area (Å²) in [5.74, 6) is -0.830. The lowest BCUT2D eigenvalue weighted by Gasteiger charge is -2.06. The summed E-state index contributed by atoms with van der Waals surface area (Å²) < 4.78 is 0. The lowest BCUT2D eigenvalue weighted by atomic mass is 10.2. The Kier molecular flexibility index (Phi) is 4.65. The topological polar surface area (TPSA) is 118 Å². The summed E-state index contributed by atoms with van der Waals surface area (Å²) in [5.41, 5.74) is 8.12. The molecule has 7 nitrogen and oxygen atoms in total. The number of rotatable bonds is 5. The van der Waals surface area contributed by atoms with E-state index >= 15 is 0 Å². The van der Waals surface area contributed by atoms with Gasteiger partial charge in [-0.2, -0.15) is 0 Å². The van der Waals surface area contributed by atoms with Gasteiger partial charge in [-0.15, -0.1) is 0 Å². The lowest BCUT2D eigenvalue weighted by molar-refractivity contribution is 0.0951. The minimum absolute atomic E-state index is 0.0894. The number of carbonyl (C=O) groups is 1. The third-order valence-corrected chi connectivity index (χ3v) is 2.01. The molecule has 17 heavy (non-hydrogen) atoms. The molecule has 3 N–H and O–H groups in total. The first-order valence-electron chi connectivity index (χ1n) is 4.96. The summed E-state index contributed by atoms with van der Waals surface area (Å²) in [6.45, 7) is 0.649. The number of benzene rings is 1. The third kappa shape index (κ3) is 3.92. The molecule has 0 saturated heterocycles. The van der Waals surface area contributed by atoms with E-state index in [1.54, 1.807) is 0 Å². The molecule has 0 aliphatic carbocycles. The highest BCUT2D eigenvalue weighted by Crippen LogP contribution is 2.22. The minimum Gasteiger partial charge on any atom is -0.508 e. The number of phenolic OH excluding ortho intramolecular Hbond substituents is 2. The molecular formula is C10H12N4O3. The quantitative estimate of drug-likeness (QED) is 0.311. The molecule has 1 aromatic carbocycles. The van der Waals surface area contributed by atoms with Crippen molar-refractivity contribution in [1.82, 2.24) is 5.32 Å². The molecule has 1 aromatic rings. The zero-order chi connectivity index (χ0) is 12.7. The normalized spacial score (nSPS) is 9.41. The molecule has 0 bridgehead atoms. The van der Waals surface area contributed by atoms with Crippen molar-refractivity contribution >= 4 is 5.91 Å². The standard InChI is InChI=1S/C10H12N4O3/c11-14-13-5-1-4-12-10(17)8-3-2-7(15)6-9(8)16/h2-3,6,15-16H,1,4-5H2,(H,12,17). The van der Waals surface area contributed by atoms with Crippen LogP contribution in [0.15, 0.2) is 23.3 Å². The number of nitrogens with zero attached hydrogens (tertiary/aromatic N) is 3. The number of hydrogen-bond acceptors (Lipinski definition) is 4. The Morgan fingerprint density at radius 2 is 2.24 bits per heavy atom. The summed E-state index contributed by atoms with van der Waals surface area (Å²) in [7, 11) is 0. The van der Waals surface area contributed by atoms with Crippen LogP contribution in [0.4, 0.5) is 0 Å². The van der Waals surface area contributed by atoms with Crippen molar-refractivity contribution in [1.29, 1.82) is 0 Å². The number of nitrogens with one attached hydrogen (secondary N) is 1. The Balaban J connectivity index is 2.49. The van der Waals surface area contributed by atoms with Crippen LogP contribution in [-0.4, -0.2) is 29.2 Å². The third-order valence-electron chi connectivity index (χ3n) is 2.01. The molecule has 1 rings (SSSR count). The van der Waals surface area contributed by atoms with Gasteiger partial charge in [0.1, 0.15) is 11.5 Å². The van der Waals surface area contributed by atoms with Crippen LogP contribution < -0.4 is 5.32 Å². The van der Waals surface area contributed by atoms with E-state index in [4.69, 9.17) is 10.6 Å². The molecule has 0 heterocycles. The molecule has 90 valence electrons. The molecule has 0 unspecified atom stereocenters. The molecule has 0 spiro atoms. The first kappa shape index (κ1) is 12.7. The molecule has 0 atom stereocenters. The van der Waals surface area contributed by atoms with Crippen molar-refractivity contribution in [3.63, 3.8) is 0 Å². The molecule has 0 aromatic heterocycles. The zero-order valence-corrected chi connectivity index (χ0v) is 9.00. The van der Waals surface area contributed by atoms with Crippen LogP contribution in [0, 0.1) is 0 Å². The highest BCUT2D eigenvalue weighted by Gasteiger charge is 2.10. The van der Waals surface area contributed by atoms with E-state index in [0.717, 1.165) is 6.07 Å². The van der Waals surface area contributed by atoms with Crippen molar-refractivity contribution in [3.05, 3.63) is 34.2 Å². The second-order valence-corrected chi connectivity index (χ2v) is 3.27. The monoisotopic (exact) mass is 236 g/mol. The summed E-state index contributed by atoms with van der Waals surface area (Å²) in [6.07, 6.45) is 0.522. The number of amides is 1. The van der Waals surface area contributed by atoms with Crippen molar-refractivity contribution < 1.29 is 15.0 Å². The van der Waals surface area contributed by atoms with Gasteiger partial charge in [-0.05, 0) is 24.1 Å². The largest absolute Gasteiger partial charge is 0.508 e. The van der Waals surface area contributed by atoms with Gasteiger partial charge in [-0.25, -0.2) is 0 Å². The maximum atomic E-state index is 11.6. The van der Waals surface area contributed by atoms with Crippen LogP contribution in [-0.2, 0) is 0 Å². The van der Waals surface area contributed by atoms with E-state index in [1.165, 1.54) is 12.1 Å². The molecule has 0 aliphatic heterocycles. The van der Waals surface area contributed by atoms with Crippen LogP contribution in [0.2, 0.25) is 0 Å². The fourth-order valence-electron chi connectivity index (χ4n) is 1.20. The van der Waals surface area contributed by atoms with Gasteiger partial charge >= 0.3 is 0 Å². The average Bonchev–Trinajstić information content (AvgIpc) is 2.28. The van der Waals surface area contributed by atoms with Gasteiger partial charge in [0.15, 0.2) is 0 Å². The molecule has 0 radical (unpaired) electrons. The molecule has 7 heteroatoms. The zero-order valence-electron chi connectivity index (χ0n) is 9.00. The van der Waals surface area contributed by atoms with E-state index in [1.807, 2.05) is 0 Å². The Morgan fingerprint density at radius 3 is 2.88 bits per heavy atom. The summed E-state index contributed by atoms with van der Waals surface area (Å²) >= 11 is 0. The van der Waals surface area contributed by atoms with Crippen molar-refractivity contribution in [2.24, 2.45) is 5.11 Å². The van der Waals surface area contributed by atoms with E-state index in [-0.39, 0.29) is 17.1 Å². The molecule has 0 aliphatic rings. The maximum Gasteiger partial charge on any atom is 0.255 e. The first-order chi connectivity index (χ1) is 8.15. The van der Waals surface area contributed by atoms with Crippen LogP contribution in [0.5, 0.6) is 11.5 Å². The van der Waals surface area contributed by atoms with Crippen LogP contribution in [0.25, 0.3) is 10.4 Å². The number of hydrogen-bond donors (Lipinski definition) is 3. The predicted molar refractivity (Wildman–Crippen MR) is 60.7 cm³/mol. The van der Waals surface area contributed by atoms with E-state index in [0.29, 0.717) is 19.5 Å². The van der Waals surface area contributed by atoms with E-state index in [9.17, 15) is 9.90 Å². The average molecular weight is 236 g/mol. The van der Waals surface area contributed by atoms with Gasteiger partial charge in [0.05, 0.1) is 5.56 Å². The second-order valence-electron chi connectivity index (χ2n) is 3.27. The van der Waals surface area contributed by atoms with Gasteiger partial charge < -0.3 is 15.5 Å². The molecule has 0 saturated carbocycles. The van der Waals surface area contributed by atoms with Gasteiger partial charge in [0.2, 0.25) is 0 Å². The summed E-state index contributed by atoms with van der Waals surface area (Å²) in [6, 6.07) is 3.73. The summed E-state index contributed by atoms with van der Waals surface area (Å²) in [4.78, 5) is 14.1. The van der Waals surface area contributed by atoms with E-state index in [2.05, 4.69) is 15.3 Å². The lowest BCUT2D eigenvalue weighted by Crippen LogP contribution is -2.24. The SMILES string of the molecule is [N-]=[N+]=NCCCNC(=O)c1ccc(O)cc1O. The van der Waals surface area contributed by atoms with Crippen LogP contribution in [0.3, 0.4) is 0 Å². The smallest absolute Gasteiger partial charge is 0.255 e. The number of aromatic hydroxyl groups is 2. The Morgan fingerprint density at radius 1 is 1.47 bits per heavy atom. The molecule has 1 amide bonds. The Bertz CT molecular complexity index is 455.